The van der Waals surface area contributed by atoms with Gasteiger partial charge in [0.05, 0.1) is 24.2 Å². The molecule has 0 bridgehead atoms. The van der Waals surface area contributed by atoms with E-state index in [4.69, 9.17) is 4.99 Å². The number of rotatable bonds is 3. The fraction of sp³-hybridized carbons (Fsp3) is 0.714. The number of fused-ring (bicyclic) bond motifs is 1. The van der Waals surface area contributed by atoms with Crippen LogP contribution in [0.25, 0.3) is 0 Å². The summed E-state index contributed by atoms with van der Waals surface area (Å²) >= 11 is 3.65. The minimum absolute atomic E-state index is 0.137. The standard InChI is InChI=1S/C14H20N4S2/c1-13(2)8-15-11(16-13)19-6-3-10-7-20-12-17-14(4-5-14)9-18(10)12/h7H,3-6,8-9H2,1-2H3,(H,15,16). The Labute approximate surface area is 128 Å². The molecule has 0 aromatic carbocycles. The second-order valence-electron chi connectivity index (χ2n) is 6.66. The first-order valence-corrected chi connectivity index (χ1v) is 9.10. The average molecular weight is 308 g/mol. The third kappa shape index (κ3) is 2.37. The zero-order valence-corrected chi connectivity index (χ0v) is 13.6. The van der Waals surface area contributed by atoms with Gasteiger partial charge in [0.2, 0.25) is 0 Å². The maximum Gasteiger partial charge on any atom is 0.168 e. The Kier molecular flexibility index (Phi) is 2.90. The number of thioether (sulfide) groups is 2. The van der Waals surface area contributed by atoms with Crippen LogP contribution in [0.3, 0.4) is 0 Å². The molecule has 4 aliphatic rings. The van der Waals surface area contributed by atoms with Crippen LogP contribution in [-0.4, -0.2) is 45.2 Å². The Morgan fingerprint density at radius 3 is 3.00 bits per heavy atom. The van der Waals surface area contributed by atoms with Crippen molar-refractivity contribution >= 4 is 33.9 Å². The smallest absolute Gasteiger partial charge is 0.168 e. The number of hydrogen-bond acceptors (Lipinski definition) is 6. The molecule has 1 spiro atoms. The van der Waals surface area contributed by atoms with Gasteiger partial charge < -0.3 is 10.2 Å². The maximum absolute atomic E-state index is 4.86. The monoisotopic (exact) mass is 308 g/mol. The minimum Gasteiger partial charge on any atom is -0.358 e. The van der Waals surface area contributed by atoms with Crippen LogP contribution < -0.4 is 5.32 Å². The highest BCUT2D eigenvalue weighted by molar-refractivity contribution is 8.16. The van der Waals surface area contributed by atoms with E-state index >= 15 is 0 Å². The number of allylic oxidation sites excluding steroid dienone is 1. The highest BCUT2D eigenvalue weighted by atomic mass is 32.2. The normalized spacial score (nSPS) is 28.1. The van der Waals surface area contributed by atoms with Crippen molar-refractivity contribution in [3.63, 3.8) is 0 Å². The molecular formula is C14H20N4S2. The van der Waals surface area contributed by atoms with Gasteiger partial charge in [-0.1, -0.05) is 23.5 Å². The Morgan fingerprint density at radius 1 is 1.45 bits per heavy atom. The number of nitrogens with zero attached hydrogens (tertiary/aromatic N) is 3. The summed E-state index contributed by atoms with van der Waals surface area (Å²) in [6, 6.07) is 0. The molecule has 0 amide bonds. The van der Waals surface area contributed by atoms with Crippen molar-refractivity contribution in [2.24, 2.45) is 9.98 Å². The van der Waals surface area contributed by atoms with Crippen LogP contribution in [0.15, 0.2) is 21.1 Å². The number of hydrogen-bond donors (Lipinski definition) is 1. The van der Waals surface area contributed by atoms with Crippen molar-refractivity contribution in [1.82, 2.24) is 10.2 Å². The third-order valence-corrected chi connectivity index (χ3v) is 5.98. The second kappa shape index (κ2) is 4.44. The molecule has 0 aromatic rings. The lowest BCUT2D eigenvalue weighted by atomic mass is 10.1. The van der Waals surface area contributed by atoms with Crippen LogP contribution in [0, 0.1) is 0 Å². The van der Waals surface area contributed by atoms with E-state index in [0.717, 1.165) is 30.4 Å². The van der Waals surface area contributed by atoms with Gasteiger partial charge in [-0.3, -0.25) is 9.98 Å². The molecule has 20 heavy (non-hydrogen) atoms. The van der Waals surface area contributed by atoms with Crippen molar-refractivity contribution < 1.29 is 0 Å². The van der Waals surface area contributed by atoms with Crippen LogP contribution in [0.1, 0.15) is 33.1 Å². The van der Waals surface area contributed by atoms with E-state index < -0.39 is 0 Å². The molecule has 1 fully saturated rings. The summed E-state index contributed by atoms with van der Waals surface area (Å²) < 4.78 is 0. The van der Waals surface area contributed by atoms with E-state index in [0.29, 0.717) is 5.54 Å². The molecular weight excluding hydrogens is 288 g/mol. The fourth-order valence-corrected chi connectivity index (χ4v) is 4.79. The summed E-state index contributed by atoms with van der Waals surface area (Å²) in [5, 5.41) is 8.10. The lowest BCUT2D eigenvalue weighted by molar-refractivity contribution is 0.492. The topological polar surface area (TPSA) is 40.0 Å². The quantitative estimate of drug-likeness (QED) is 0.870. The van der Waals surface area contributed by atoms with Gasteiger partial charge in [-0.15, -0.1) is 0 Å². The third-order valence-electron chi connectivity index (χ3n) is 4.15. The minimum atomic E-state index is 0.137. The summed E-state index contributed by atoms with van der Waals surface area (Å²) in [6.07, 6.45) is 3.67. The van der Waals surface area contributed by atoms with Gasteiger partial charge in [-0.2, -0.15) is 0 Å². The van der Waals surface area contributed by atoms with Gasteiger partial charge >= 0.3 is 0 Å². The van der Waals surface area contributed by atoms with Crippen LogP contribution in [0.2, 0.25) is 0 Å². The van der Waals surface area contributed by atoms with E-state index in [1.807, 2.05) is 11.8 Å². The van der Waals surface area contributed by atoms with Crippen molar-refractivity contribution in [3.05, 3.63) is 11.1 Å². The molecule has 4 nitrogen and oxygen atoms in total. The Morgan fingerprint density at radius 2 is 2.30 bits per heavy atom. The van der Waals surface area contributed by atoms with Crippen molar-refractivity contribution in [2.75, 3.05) is 18.8 Å². The molecule has 1 aliphatic carbocycles. The van der Waals surface area contributed by atoms with Crippen LogP contribution >= 0.6 is 23.5 Å². The van der Waals surface area contributed by atoms with Crippen molar-refractivity contribution in [2.45, 2.75) is 44.2 Å². The lowest BCUT2D eigenvalue weighted by Gasteiger charge is -2.19. The fourth-order valence-electron chi connectivity index (χ4n) is 2.74. The summed E-state index contributed by atoms with van der Waals surface area (Å²) in [6.45, 7) is 6.40. The first-order valence-electron chi connectivity index (χ1n) is 7.24. The summed E-state index contributed by atoms with van der Waals surface area (Å²) in [5.41, 5.74) is 1.90. The first-order chi connectivity index (χ1) is 9.55. The largest absolute Gasteiger partial charge is 0.358 e. The van der Waals surface area contributed by atoms with Gasteiger partial charge in [-0.05, 0) is 38.5 Å². The summed E-state index contributed by atoms with van der Waals surface area (Å²) in [4.78, 5) is 11.9. The van der Waals surface area contributed by atoms with E-state index in [1.165, 1.54) is 23.7 Å². The summed E-state index contributed by atoms with van der Waals surface area (Å²) in [7, 11) is 0. The molecule has 0 aromatic heterocycles. The molecule has 0 saturated heterocycles. The van der Waals surface area contributed by atoms with E-state index in [-0.39, 0.29) is 5.54 Å². The van der Waals surface area contributed by atoms with E-state index in [9.17, 15) is 0 Å². The lowest BCUT2D eigenvalue weighted by Crippen LogP contribution is -2.38. The molecule has 6 heteroatoms. The molecule has 3 heterocycles. The Hall–Kier alpha value is -0.620. The van der Waals surface area contributed by atoms with E-state index in [1.54, 1.807) is 11.8 Å². The predicted octanol–water partition coefficient (Wildman–Crippen LogP) is 2.64. The molecule has 0 unspecified atom stereocenters. The van der Waals surface area contributed by atoms with Crippen molar-refractivity contribution in [3.8, 4) is 0 Å². The van der Waals surface area contributed by atoms with Gasteiger partial charge in [0, 0.05) is 11.4 Å². The SMILES string of the molecule is CC1(C)CN=C(SCCC2=CSC3=NC4(CC4)CN23)N1. The van der Waals surface area contributed by atoms with Gasteiger partial charge in [0.1, 0.15) is 0 Å². The number of aliphatic imine (C=N–C) groups is 2. The van der Waals surface area contributed by atoms with Crippen LogP contribution in [0.5, 0.6) is 0 Å². The van der Waals surface area contributed by atoms with Crippen LogP contribution in [-0.2, 0) is 0 Å². The molecule has 1 N–H and O–H groups in total. The summed E-state index contributed by atoms with van der Waals surface area (Å²) in [5.74, 6) is 1.09. The molecule has 0 atom stereocenters. The highest BCUT2D eigenvalue weighted by Crippen LogP contribution is 2.48. The molecule has 1 saturated carbocycles. The zero-order valence-electron chi connectivity index (χ0n) is 12.0. The Bertz CT molecular complexity index is 531. The first kappa shape index (κ1) is 13.1. The van der Waals surface area contributed by atoms with Gasteiger partial charge in [-0.25, -0.2) is 0 Å². The number of amidine groups is 2. The highest BCUT2D eigenvalue weighted by Gasteiger charge is 2.50. The van der Waals surface area contributed by atoms with Crippen molar-refractivity contribution in [1.29, 1.82) is 0 Å². The number of nitrogens with one attached hydrogen (secondary N) is 1. The maximum atomic E-state index is 4.86. The van der Waals surface area contributed by atoms with Gasteiger partial charge in [0.25, 0.3) is 0 Å². The molecule has 4 rings (SSSR count). The molecule has 0 radical (unpaired) electrons. The molecule has 3 aliphatic heterocycles. The molecule has 108 valence electrons. The predicted molar refractivity (Wildman–Crippen MR) is 88.4 cm³/mol. The van der Waals surface area contributed by atoms with Crippen LogP contribution in [0.4, 0.5) is 0 Å². The second-order valence-corrected chi connectivity index (χ2v) is 8.58. The van der Waals surface area contributed by atoms with E-state index in [2.05, 4.69) is 34.5 Å². The van der Waals surface area contributed by atoms with Gasteiger partial charge in [0.15, 0.2) is 10.3 Å². The zero-order chi connectivity index (χ0) is 13.8. The Balaban J connectivity index is 1.28. The average Bonchev–Trinajstić information content (AvgIpc) is 2.70.